The second kappa shape index (κ2) is 17.2. The van der Waals surface area contributed by atoms with Crippen molar-refractivity contribution in [1.82, 2.24) is 0 Å². The average molecular weight is 869 g/mol. The lowest BCUT2D eigenvalue weighted by Crippen LogP contribution is -2.12. The van der Waals surface area contributed by atoms with Crippen molar-refractivity contribution in [3.8, 4) is 34.1 Å². The van der Waals surface area contributed by atoms with Crippen molar-refractivity contribution >= 4 is 38.8 Å². The molecule has 6 aromatic carbocycles. The van der Waals surface area contributed by atoms with Gasteiger partial charge in [-0.15, -0.1) is 0 Å². The van der Waals surface area contributed by atoms with E-state index in [0.29, 0.717) is 23.0 Å². The number of rotatable bonds is 9. The third-order valence-corrected chi connectivity index (χ3v) is 13.2. The van der Waals surface area contributed by atoms with E-state index in [-0.39, 0.29) is 10.8 Å². The first-order valence-electron chi connectivity index (χ1n) is 21.4. The van der Waals surface area contributed by atoms with Crippen LogP contribution in [0.25, 0.3) is 33.1 Å². The Kier molecular flexibility index (Phi) is 12.5. The first-order valence-corrected chi connectivity index (χ1v) is 23.6. The summed E-state index contributed by atoms with van der Waals surface area (Å²) in [5.41, 5.74) is 15.7. The van der Waals surface area contributed by atoms with Crippen LogP contribution >= 0.6 is 16.8 Å². The molecule has 0 bridgehead atoms. The molecule has 8 heteroatoms. The minimum atomic E-state index is -2.03. The number of benzene rings is 6. The van der Waals surface area contributed by atoms with E-state index < -0.39 is 16.8 Å². The second-order valence-electron chi connectivity index (χ2n) is 19.3. The van der Waals surface area contributed by atoms with Gasteiger partial charge in [-0.2, -0.15) is 0 Å². The first kappa shape index (κ1) is 44.9. The van der Waals surface area contributed by atoms with Crippen LogP contribution in [0, 0.1) is 69.2 Å². The molecule has 7 rings (SSSR count). The van der Waals surface area contributed by atoms with Crippen molar-refractivity contribution in [3.05, 3.63) is 152 Å². The van der Waals surface area contributed by atoms with Gasteiger partial charge in [-0.05, 0) is 161 Å². The summed E-state index contributed by atoms with van der Waals surface area (Å²) in [6.45, 7) is 34.3. The minimum Gasteiger partial charge on any atom is -0.408 e. The van der Waals surface area contributed by atoms with Gasteiger partial charge in [0.25, 0.3) is 0 Å². The normalized spacial score (nSPS) is 12.0. The first-order chi connectivity index (χ1) is 29.0. The van der Waals surface area contributed by atoms with Crippen LogP contribution in [0.2, 0.25) is 0 Å². The van der Waals surface area contributed by atoms with Crippen molar-refractivity contribution in [2.75, 3.05) is 0 Å². The molecule has 0 aliphatic carbocycles. The highest BCUT2D eigenvalue weighted by Gasteiger charge is 2.29. The molecule has 7 aromatic rings. The van der Waals surface area contributed by atoms with Crippen LogP contribution in [0.3, 0.4) is 0 Å². The fourth-order valence-corrected chi connectivity index (χ4v) is 10.6. The summed E-state index contributed by atoms with van der Waals surface area (Å²) in [4.78, 5) is 0. The lowest BCUT2D eigenvalue weighted by Gasteiger charge is -2.23. The Morgan fingerprint density at radius 2 is 0.806 bits per heavy atom. The molecular formula is C54H62O6P2. The second-order valence-corrected chi connectivity index (χ2v) is 21.3. The molecule has 0 saturated carbocycles. The van der Waals surface area contributed by atoms with Crippen LogP contribution in [0.4, 0.5) is 0 Å². The molecule has 0 saturated heterocycles. The lowest BCUT2D eigenvalue weighted by atomic mass is 9.83. The fraction of sp³-hybridized carbons (Fsp3) is 0.333. The molecule has 0 spiro atoms. The molecule has 0 aliphatic rings. The van der Waals surface area contributed by atoms with Crippen LogP contribution in [0.1, 0.15) is 108 Å². The fourth-order valence-electron chi connectivity index (χ4n) is 8.18. The maximum Gasteiger partial charge on any atom is 0.530 e. The maximum absolute atomic E-state index is 7.21. The zero-order valence-corrected chi connectivity index (χ0v) is 41.2. The Morgan fingerprint density at radius 3 is 1.23 bits per heavy atom. The van der Waals surface area contributed by atoms with E-state index in [4.69, 9.17) is 26.5 Å². The van der Waals surface area contributed by atoms with E-state index in [1.807, 2.05) is 38.1 Å². The van der Waals surface area contributed by atoms with Crippen molar-refractivity contribution in [3.63, 3.8) is 0 Å². The monoisotopic (exact) mass is 868 g/mol. The van der Waals surface area contributed by atoms with Gasteiger partial charge in [-0.3, -0.25) is 0 Å². The van der Waals surface area contributed by atoms with Gasteiger partial charge >= 0.3 is 16.8 Å². The molecule has 1 aromatic heterocycles. The van der Waals surface area contributed by atoms with Crippen LogP contribution in [0.5, 0.6) is 23.0 Å². The average Bonchev–Trinajstić information content (AvgIpc) is 3.30. The minimum absolute atomic E-state index is 0.217. The van der Waals surface area contributed by atoms with Gasteiger partial charge < -0.3 is 26.5 Å². The molecular weight excluding hydrogens is 807 g/mol. The molecule has 0 aliphatic heterocycles. The van der Waals surface area contributed by atoms with E-state index in [1.165, 1.54) is 0 Å². The molecule has 0 fully saturated rings. The van der Waals surface area contributed by atoms with Crippen LogP contribution < -0.4 is 18.1 Å². The highest BCUT2D eigenvalue weighted by atomic mass is 31.2. The van der Waals surface area contributed by atoms with Gasteiger partial charge in [0.2, 0.25) is 0 Å². The smallest absolute Gasteiger partial charge is 0.408 e. The summed E-state index contributed by atoms with van der Waals surface area (Å²) < 4.78 is 41.8. The Balaban J connectivity index is 1.45. The van der Waals surface area contributed by atoms with Crippen molar-refractivity contribution in [2.24, 2.45) is 0 Å². The Hall–Kier alpha value is -5.15. The number of hydrogen-bond donors (Lipinski definition) is 0. The van der Waals surface area contributed by atoms with E-state index in [9.17, 15) is 0 Å². The van der Waals surface area contributed by atoms with Crippen LogP contribution in [0.15, 0.2) is 93.3 Å². The Labute approximate surface area is 371 Å². The SMILES string of the molecule is Cc1ccc(OP(Oc2ccc(C)cc2C)Oc2c(C)cc(C)cc2-c2cc(C)cc(C)c2Op2oc3c(C(C)(C)C)cc(C)cc3c3cc(C)cc(C(C)(C)C)c3o2)c(C)c1. The molecule has 62 heavy (non-hydrogen) atoms. The van der Waals surface area contributed by atoms with Crippen LogP contribution in [-0.4, -0.2) is 0 Å². The summed E-state index contributed by atoms with van der Waals surface area (Å²) in [6, 6.07) is 29.8. The molecule has 0 amide bonds. The predicted octanol–water partition coefficient (Wildman–Crippen LogP) is 17.2. The summed E-state index contributed by atoms with van der Waals surface area (Å²) in [6.07, 6.45) is 0. The highest BCUT2D eigenvalue weighted by Crippen LogP contribution is 2.52. The summed E-state index contributed by atoms with van der Waals surface area (Å²) in [5, 5.41) is 2.03. The molecule has 1 heterocycles. The van der Waals surface area contributed by atoms with Gasteiger partial charge in [0, 0.05) is 33.0 Å². The molecule has 324 valence electrons. The largest absolute Gasteiger partial charge is 0.530 e. The number of hydrogen-bond acceptors (Lipinski definition) is 6. The number of fused-ring (bicyclic) bond motifs is 3. The van der Waals surface area contributed by atoms with Gasteiger partial charge in [-0.25, -0.2) is 0 Å². The van der Waals surface area contributed by atoms with Gasteiger partial charge in [-0.1, -0.05) is 101 Å². The van der Waals surface area contributed by atoms with Gasteiger partial charge in [0.1, 0.15) is 34.2 Å². The molecule has 0 unspecified atom stereocenters. The maximum atomic E-state index is 7.21. The topological polar surface area (TPSA) is 63.2 Å². The lowest BCUT2D eigenvalue weighted by molar-refractivity contribution is 0.385. The summed E-state index contributed by atoms with van der Waals surface area (Å²) >= 11 is 0. The quantitative estimate of drug-likeness (QED) is 0.135. The predicted molar refractivity (Wildman–Crippen MR) is 261 cm³/mol. The van der Waals surface area contributed by atoms with Crippen LogP contribution in [-0.2, 0) is 10.8 Å². The van der Waals surface area contributed by atoms with Crippen molar-refractivity contribution in [1.29, 1.82) is 0 Å². The Bertz CT molecular complexity index is 2760. The highest BCUT2D eigenvalue weighted by molar-refractivity contribution is 7.43. The number of aryl methyl sites for hydroxylation is 10. The third-order valence-electron chi connectivity index (χ3n) is 11.2. The summed E-state index contributed by atoms with van der Waals surface area (Å²) in [7, 11) is -4.03. The van der Waals surface area contributed by atoms with Gasteiger partial charge in [0.15, 0.2) is 0 Å². The van der Waals surface area contributed by atoms with E-state index in [0.717, 1.165) is 99.8 Å². The van der Waals surface area contributed by atoms with E-state index in [2.05, 4.69) is 158 Å². The zero-order valence-electron chi connectivity index (χ0n) is 39.4. The summed E-state index contributed by atoms with van der Waals surface area (Å²) in [5.74, 6) is 2.71. The zero-order chi connectivity index (χ0) is 45.0. The van der Waals surface area contributed by atoms with Crippen molar-refractivity contribution < 1.29 is 26.5 Å². The molecule has 0 radical (unpaired) electrons. The van der Waals surface area contributed by atoms with Crippen molar-refractivity contribution in [2.45, 2.75) is 122 Å². The standard InChI is InChI=1S/C54H62O6P2/c1-31-17-19-47(37(7)21-31)55-61(56-48-20-18-32(2)22-38(48)8)57-49-39(9)23-33(3)25-41(49)42-26-34(4)24-40(10)50(42)58-62-59-51-43(27-35(5)29-45(51)53(11,12)13)44-28-36(6)30-46(52(44)60-62)54(14,15)16/h17-30H,1-16H3. The van der Waals surface area contributed by atoms with E-state index >= 15 is 0 Å². The molecule has 0 atom stereocenters. The van der Waals surface area contributed by atoms with E-state index in [1.54, 1.807) is 0 Å². The third kappa shape index (κ3) is 9.58. The molecule has 6 nitrogen and oxygen atoms in total. The molecule has 0 N–H and O–H groups in total. The van der Waals surface area contributed by atoms with Gasteiger partial charge in [0.05, 0.1) is 0 Å². The Morgan fingerprint density at radius 1 is 0.419 bits per heavy atom.